The Bertz CT molecular complexity index is 403. The highest BCUT2D eigenvalue weighted by Crippen LogP contribution is 2.28. The number of rotatable bonds is 6. The van der Waals surface area contributed by atoms with Gasteiger partial charge in [0.15, 0.2) is 0 Å². The molecule has 0 radical (unpaired) electrons. The topological polar surface area (TPSA) is 62.2 Å². The molecule has 2 N–H and O–H groups in total. The summed E-state index contributed by atoms with van der Waals surface area (Å²) >= 11 is 0. The van der Waals surface area contributed by atoms with Gasteiger partial charge in [-0.25, -0.2) is 0 Å². The molecule has 1 aromatic rings. The largest absolute Gasteiger partial charge is 0.396 e. The summed E-state index contributed by atoms with van der Waals surface area (Å²) in [6.07, 6.45) is 7.15. The van der Waals surface area contributed by atoms with Crippen LogP contribution in [0.3, 0.4) is 0 Å². The van der Waals surface area contributed by atoms with Crippen LogP contribution in [0, 0.1) is 5.92 Å². The number of nitrogens with one attached hydrogen (secondary N) is 1. The summed E-state index contributed by atoms with van der Waals surface area (Å²) in [5, 5.41) is 11.8. The van der Waals surface area contributed by atoms with E-state index in [-0.39, 0.29) is 12.5 Å². The summed E-state index contributed by atoms with van der Waals surface area (Å²) in [5.74, 6) is 0.767. The van der Waals surface area contributed by atoms with Gasteiger partial charge in [0, 0.05) is 37.0 Å². The molecule has 18 heavy (non-hydrogen) atoms. The number of hydrogen-bond acceptors (Lipinski definition) is 3. The predicted octanol–water partition coefficient (Wildman–Crippen LogP) is 1.54. The molecule has 0 atom stereocenters. The third kappa shape index (κ3) is 3.53. The van der Waals surface area contributed by atoms with Gasteiger partial charge in [0.2, 0.25) is 0 Å². The van der Waals surface area contributed by atoms with Crippen molar-refractivity contribution in [2.75, 3.05) is 13.2 Å². The average molecular weight is 248 g/mol. The summed E-state index contributed by atoms with van der Waals surface area (Å²) in [5.41, 5.74) is 1.38. The Labute approximate surface area is 107 Å². The molecule has 1 saturated carbocycles. The molecule has 0 saturated heterocycles. The Morgan fingerprint density at radius 1 is 1.50 bits per heavy atom. The summed E-state index contributed by atoms with van der Waals surface area (Å²) in [6, 6.07) is 3.45. The van der Waals surface area contributed by atoms with Gasteiger partial charge in [-0.15, -0.1) is 0 Å². The first-order valence-electron chi connectivity index (χ1n) is 6.63. The first-order valence-corrected chi connectivity index (χ1v) is 6.63. The predicted molar refractivity (Wildman–Crippen MR) is 69.3 cm³/mol. The van der Waals surface area contributed by atoms with E-state index in [1.54, 1.807) is 18.3 Å². The van der Waals surface area contributed by atoms with Crippen molar-refractivity contribution in [1.82, 2.24) is 10.3 Å². The number of pyridine rings is 1. The molecule has 98 valence electrons. The number of carbonyl (C=O) groups excluding carboxylic acids is 1. The van der Waals surface area contributed by atoms with Crippen LogP contribution in [0.4, 0.5) is 0 Å². The minimum absolute atomic E-state index is 0.0455. The Morgan fingerprint density at radius 2 is 2.33 bits per heavy atom. The second-order valence-corrected chi connectivity index (χ2v) is 4.85. The van der Waals surface area contributed by atoms with E-state index in [4.69, 9.17) is 5.11 Å². The zero-order valence-electron chi connectivity index (χ0n) is 10.6. The van der Waals surface area contributed by atoms with Gasteiger partial charge in [-0.2, -0.15) is 0 Å². The zero-order chi connectivity index (χ0) is 12.8. The molecule has 0 aliphatic heterocycles. The van der Waals surface area contributed by atoms with Crippen molar-refractivity contribution in [2.45, 2.75) is 32.1 Å². The number of aromatic nitrogens is 1. The standard InChI is InChI=1S/C14H20N2O2/c17-9-6-13-10-12(5-8-15-13)14(18)16-7-4-11-2-1-3-11/h5,8,10-11,17H,1-4,6-7,9H2,(H,16,18). The van der Waals surface area contributed by atoms with Crippen LogP contribution in [0.5, 0.6) is 0 Å². The van der Waals surface area contributed by atoms with E-state index in [2.05, 4.69) is 10.3 Å². The van der Waals surface area contributed by atoms with Gasteiger partial charge in [0.25, 0.3) is 5.91 Å². The smallest absolute Gasteiger partial charge is 0.251 e. The highest BCUT2D eigenvalue weighted by atomic mass is 16.3. The third-order valence-corrected chi connectivity index (χ3v) is 3.51. The molecular weight excluding hydrogens is 228 g/mol. The van der Waals surface area contributed by atoms with Crippen LogP contribution in [-0.4, -0.2) is 29.1 Å². The van der Waals surface area contributed by atoms with Gasteiger partial charge >= 0.3 is 0 Å². The van der Waals surface area contributed by atoms with E-state index >= 15 is 0 Å². The lowest BCUT2D eigenvalue weighted by molar-refractivity contribution is 0.0948. The molecule has 0 unspecified atom stereocenters. The molecule has 4 heteroatoms. The summed E-state index contributed by atoms with van der Waals surface area (Å²) < 4.78 is 0. The van der Waals surface area contributed by atoms with E-state index in [0.29, 0.717) is 12.0 Å². The number of nitrogens with zero attached hydrogens (tertiary/aromatic N) is 1. The van der Waals surface area contributed by atoms with Crippen LogP contribution in [0.25, 0.3) is 0 Å². The second kappa shape index (κ2) is 6.50. The molecule has 0 aromatic carbocycles. The van der Waals surface area contributed by atoms with E-state index in [1.165, 1.54) is 19.3 Å². The Morgan fingerprint density at radius 3 is 3.00 bits per heavy atom. The Balaban J connectivity index is 1.81. The molecule has 1 heterocycles. The van der Waals surface area contributed by atoms with Gasteiger partial charge in [-0.1, -0.05) is 19.3 Å². The number of amides is 1. The maximum atomic E-state index is 11.9. The minimum atomic E-state index is -0.0455. The fourth-order valence-electron chi connectivity index (χ4n) is 2.14. The van der Waals surface area contributed by atoms with Crippen LogP contribution in [0.15, 0.2) is 18.3 Å². The van der Waals surface area contributed by atoms with Crippen molar-refractivity contribution >= 4 is 5.91 Å². The van der Waals surface area contributed by atoms with E-state index in [1.807, 2.05) is 0 Å². The highest BCUT2D eigenvalue weighted by molar-refractivity contribution is 5.94. The summed E-state index contributed by atoms with van der Waals surface area (Å²) in [4.78, 5) is 16.0. The van der Waals surface area contributed by atoms with Crippen molar-refractivity contribution in [1.29, 1.82) is 0 Å². The molecule has 4 nitrogen and oxygen atoms in total. The Hall–Kier alpha value is -1.42. The minimum Gasteiger partial charge on any atom is -0.396 e. The van der Waals surface area contributed by atoms with Crippen molar-refractivity contribution in [3.05, 3.63) is 29.6 Å². The first-order chi connectivity index (χ1) is 8.79. The van der Waals surface area contributed by atoms with Crippen LogP contribution in [-0.2, 0) is 6.42 Å². The fourth-order valence-corrected chi connectivity index (χ4v) is 2.14. The number of hydrogen-bond donors (Lipinski definition) is 2. The molecule has 0 bridgehead atoms. The Kier molecular flexibility index (Phi) is 4.70. The van der Waals surface area contributed by atoms with Crippen molar-refractivity contribution in [3.63, 3.8) is 0 Å². The maximum absolute atomic E-state index is 11.9. The summed E-state index contributed by atoms with van der Waals surface area (Å²) in [6.45, 7) is 0.806. The average Bonchev–Trinajstić information content (AvgIpc) is 2.33. The van der Waals surface area contributed by atoms with Gasteiger partial charge < -0.3 is 10.4 Å². The molecule has 1 fully saturated rings. The number of aliphatic hydroxyl groups excluding tert-OH is 1. The van der Waals surface area contributed by atoms with E-state index in [9.17, 15) is 4.79 Å². The number of aliphatic hydroxyl groups is 1. The highest BCUT2D eigenvalue weighted by Gasteiger charge is 2.17. The third-order valence-electron chi connectivity index (χ3n) is 3.51. The molecular formula is C14H20N2O2. The monoisotopic (exact) mass is 248 g/mol. The van der Waals surface area contributed by atoms with Crippen LogP contribution in [0.1, 0.15) is 41.7 Å². The van der Waals surface area contributed by atoms with Gasteiger partial charge in [-0.05, 0) is 24.5 Å². The molecule has 1 aliphatic carbocycles. The molecule has 1 aromatic heterocycles. The SMILES string of the molecule is O=C(NCCC1CCC1)c1ccnc(CCO)c1. The van der Waals surface area contributed by atoms with Gasteiger partial charge in [-0.3, -0.25) is 9.78 Å². The normalized spacial score (nSPS) is 15.2. The van der Waals surface area contributed by atoms with E-state index in [0.717, 1.165) is 24.6 Å². The van der Waals surface area contributed by atoms with Crippen molar-refractivity contribution in [3.8, 4) is 0 Å². The van der Waals surface area contributed by atoms with Gasteiger partial charge in [0.05, 0.1) is 0 Å². The molecule has 2 rings (SSSR count). The summed E-state index contributed by atoms with van der Waals surface area (Å²) in [7, 11) is 0. The van der Waals surface area contributed by atoms with Crippen molar-refractivity contribution < 1.29 is 9.90 Å². The van der Waals surface area contributed by atoms with E-state index < -0.39 is 0 Å². The lowest BCUT2D eigenvalue weighted by Gasteiger charge is -2.25. The van der Waals surface area contributed by atoms with Crippen LogP contribution >= 0.6 is 0 Å². The first kappa shape index (κ1) is 13.0. The molecule has 1 amide bonds. The lowest BCUT2D eigenvalue weighted by Crippen LogP contribution is -2.27. The maximum Gasteiger partial charge on any atom is 0.251 e. The fraction of sp³-hybridized carbons (Fsp3) is 0.571. The molecule has 1 aliphatic rings. The van der Waals surface area contributed by atoms with Crippen LogP contribution < -0.4 is 5.32 Å². The van der Waals surface area contributed by atoms with Crippen LogP contribution in [0.2, 0.25) is 0 Å². The van der Waals surface area contributed by atoms with Crippen molar-refractivity contribution in [2.24, 2.45) is 5.92 Å². The number of carbonyl (C=O) groups is 1. The zero-order valence-corrected chi connectivity index (χ0v) is 10.6. The molecule has 0 spiro atoms. The second-order valence-electron chi connectivity index (χ2n) is 4.85. The lowest BCUT2D eigenvalue weighted by atomic mass is 9.83. The van der Waals surface area contributed by atoms with Gasteiger partial charge in [0.1, 0.15) is 0 Å². The quantitative estimate of drug-likeness (QED) is 0.802.